The summed E-state index contributed by atoms with van der Waals surface area (Å²) in [7, 11) is 0. The Morgan fingerprint density at radius 3 is 1.90 bits per heavy atom. The van der Waals surface area contributed by atoms with Crippen LogP contribution in [0.5, 0.6) is 0 Å². The Hall–Kier alpha value is -0.0800. The van der Waals surface area contributed by atoms with Gasteiger partial charge in [0.05, 0.1) is 12.2 Å². The number of ether oxygens (including phenoxy) is 1. The molecule has 0 aromatic rings. The molecule has 0 heterocycles. The third-order valence-corrected chi connectivity index (χ3v) is 7.62. The highest BCUT2D eigenvalue weighted by atomic mass is 16.5. The van der Waals surface area contributed by atoms with Crippen LogP contribution in [0.15, 0.2) is 0 Å². The number of rotatable bonds is 10. The lowest BCUT2D eigenvalue weighted by Crippen LogP contribution is -2.28. The standard InChI is InChI=1S/C27H52O2/c1-2-3-4-5-6-7-8-15-22-29-27-21-20-26(28)23-24-16-11-9-13-18-25(27)19-14-10-12-17-24/h24-28H,2-23H2,1H3. The van der Waals surface area contributed by atoms with E-state index in [1.54, 1.807) is 0 Å². The minimum absolute atomic E-state index is 0.103. The van der Waals surface area contributed by atoms with E-state index in [1.807, 2.05) is 0 Å². The smallest absolute Gasteiger partial charge is 0.0604 e. The van der Waals surface area contributed by atoms with Gasteiger partial charge >= 0.3 is 0 Å². The molecule has 3 rings (SSSR count). The Morgan fingerprint density at radius 2 is 1.24 bits per heavy atom. The maximum atomic E-state index is 10.7. The fraction of sp³-hybridized carbons (Fsp3) is 1.00. The lowest BCUT2D eigenvalue weighted by Gasteiger charge is -2.31. The molecule has 1 N–H and O–H groups in total. The molecule has 0 aromatic carbocycles. The molecule has 3 aliphatic rings. The van der Waals surface area contributed by atoms with Crippen LogP contribution in [0.3, 0.4) is 0 Å². The van der Waals surface area contributed by atoms with Crippen molar-refractivity contribution in [2.24, 2.45) is 11.8 Å². The van der Waals surface area contributed by atoms with Crippen LogP contribution < -0.4 is 0 Å². The predicted octanol–water partition coefficient (Wildman–Crippen LogP) is 8.20. The number of fused-ring (bicyclic) bond motifs is 12. The van der Waals surface area contributed by atoms with Gasteiger partial charge in [-0.15, -0.1) is 0 Å². The first kappa shape index (κ1) is 25.2. The van der Waals surface area contributed by atoms with E-state index in [0.29, 0.717) is 6.10 Å². The molecule has 0 saturated heterocycles. The average Bonchev–Trinajstić information content (AvgIpc) is 2.70. The number of hydrogen-bond acceptors (Lipinski definition) is 2. The van der Waals surface area contributed by atoms with Crippen molar-refractivity contribution in [3.05, 3.63) is 0 Å². The molecule has 2 atom stereocenters. The zero-order valence-electron chi connectivity index (χ0n) is 19.7. The van der Waals surface area contributed by atoms with Gasteiger partial charge in [0.2, 0.25) is 0 Å². The maximum absolute atomic E-state index is 10.7. The van der Waals surface area contributed by atoms with Gasteiger partial charge in [-0.05, 0) is 50.4 Å². The van der Waals surface area contributed by atoms with E-state index >= 15 is 0 Å². The normalized spacial score (nSPS) is 30.0. The zero-order valence-corrected chi connectivity index (χ0v) is 19.7. The fourth-order valence-corrected chi connectivity index (χ4v) is 5.71. The predicted molar refractivity (Wildman–Crippen MR) is 125 cm³/mol. The van der Waals surface area contributed by atoms with Gasteiger partial charge in [0.25, 0.3) is 0 Å². The monoisotopic (exact) mass is 408 g/mol. The molecule has 0 amide bonds. The summed E-state index contributed by atoms with van der Waals surface area (Å²) in [5, 5.41) is 10.7. The van der Waals surface area contributed by atoms with Gasteiger partial charge in [0.1, 0.15) is 0 Å². The Kier molecular flexibility index (Phi) is 14.4. The van der Waals surface area contributed by atoms with Crippen molar-refractivity contribution in [1.82, 2.24) is 0 Å². The molecular weight excluding hydrogens is 356 g/mol. The molecule has 0 spiro atoms. The van der Waals surface area contributed by atoms with Gasteiger partial charge in [-0.2, -0.15) is 0 Å². The van der Waals surface area contributed by atoms with Crippen molar-refractivity contribution >= 4 is 0 Å². The van der Waals surface area contributed by atoms with Gasteiger partial charge < -0.3 is 9.84 Å². The SMILES string of the molecule is CCCCCCCCCCOC1CCC(O)CC2CCCCCC1CCCCC2. The summed E-state index contributed by atoms with van der Waals surface area (Å²) in [5.41, 5.74) is 0. The Labute approximate surface area is 182 Å². The molecule has 0 aromatic heterocycles. The Bertz CT molecular complexity index is 356. The van der Waals surface area contributed by atoms with E-state index in [1.165, 1.54) is 116 Å². The van der Waals surface area contributed by atoms with Crippen molar-refractivity contribution in [3.8, 4) is 0 Å². The van der Waals surface area contributed by atoms with E-state index in [9.17, 15) is 5.11 Å². The number of aliphatic hydroxyl groups is 1. The van der Waals surface area contributed by atoms with Crippen molar-refractivity contribution in [1.29, 1.82) is 0 Å². The largest absolute Gasteiger partial charge is 0.393 e. The lowest BCUT2D eigenvalue weighted by molar-refractivity contribution is -0.0139. The van der Waals surface area contributed by atoms with Crippen LogP contribution in [-0.2, 0) is 4.74 Å². The number of hydrogen-bond donors (Lipinski definition) is 1. The van der Waals surface area contributed by atoms with Crippen LogP contribution in [0.2, 0.25) is 0 Å². The maximum Gasteiger partial charge on any atom is 0.0604 e. The van der Waals surface area contributed by atoms with E-state index in [2.05, 4.69) is 6.92 Å². The lowest BCUT2D eigenvalue weighted by atomic mass is 9.82. The summed E-state index contributed by atoms with van der Waals surface area (Å²) in [4.78, 5) is 0. The first-order valence-electron chi connectivity index (χ1n) is 13.6. The van der Waals surface area contributed by atoms with E-state index in [-0.39, 0.29) is 6.10 Å². The molecule has 172 valence electrons. The summed E-state index contributed by atoms with van der Waals surface area (Å²) in [5.74, 6) is 1.49. The summed E-state index contributed by atoms with van der Waals surface area (Å²) in [6.07, 6.45) is 27.9. The number of aliphatic hydroxyl groups excluding tert-OH is 1. The number of unbranched alkanes of at least 4 members (excludes halogenated alkanes) is 7. The van der Waals surface area contributed by atoms with E-state index in [4.69, 9.17) is 4.74 Å². The molecular formula is C27H52O2. The van der Waals surface area contributed by atoms with Crippen LogP contribution in [0.25, 0.3) is 0 Å². The molecule has 2 bridgehead atoms. The third kappa shape index (κ3) is 11.8. The van der Waals surface area contributed by atoms with Crippen molar-refractivity contribution in [2.75, 3.05) is 6.61 Å². The molecule has 2 heteroatoms. The van der Waals surface area contributed by atoms with Crippen LogP contribution >= 0.6 is 0 Å². The highest BCUT2D eigenvalue weighted by molar-refractivity contribution is 4.77. The Morgan fingerprint density at radius 1 is 0.655 bits per heavy atom. The van der Waals surface area contributed by atoms with Gasteiger partial charge in [0.15, 0.2) is 0 Å². The third-order valence-electron chi connectivity index (χ3n) is 7.62. The van der Waals surface area contributed by atoms with Gasteiger partial charge in [-0.1, -0.05) is 103 Å². The zero-order chi connectivity index (χ0) is 20.6. The quantitative estimate of drug-likeness (QED) is 0.369. The second-order valence-corrected chi connectivity index (χ2v) is 10.3. The van der Waals surface area contributed by atoms with Gasteiger partial charge in [-0.3, -0.25) is 0 Å². The van der Waals surface area contributed by atoms with Crippen molar-refractivity contribution in [3.63, 3.8) is 0 Å². The van der Waals surface area contributed by atoms with Crippen LogP contribution in [0.4, 0.5) is 0 Å². The molecule has 0 radical (unpaired) electrons. The van der Waals surface area contributed by atoms with Gasteiger partial charge in [-0.25, -0.2) is 0 Å². The molecule has 3 fully saturated rings. The molecule has 2 unspecified atom stereocenters. The summed E-state index contributed by atoms with van der Waals surface area (Å²) in [6.45, 7) is 3.23. The van der Waals surface area contributed by atoms with E-state index in [0.717, 1.165) is 37.7 Å². The highest BCUT2D eigenvalue weighted by Gasteiger charge is 2.25. The molecule has 2 nitrogen and oxygen atoms in total. The summed E-state index contributed by atoms with van der Waals surface area (Å²) < 4.78 is 6.52. The van der Waals surface area contributed by atoms with E-state index < -0.39 is 0 Å². The van der Waals surface area contributed by atoms with Crippen LogP contribution in [0.1, 0.15) is 142 Å². The Balaban J connectivity index is 1.77. The first-order chi connectivity index (χ1) is 14.3. The molecule has 29 heavy (non-hydrogen) atoms. The van der Waals surface area contributed by atoms with Crippen LogP contribution in [-0.4, -0.2) is 23.9 Å². The summed E-state index contributed by atoms with van der Waals surface area (Å²) >= 11 is 0. The van der Waals surface area contributed by atoms with Crippen molar-refractivity contribution < 1.29 is 9.84 Å². The minimum atomic E-state index is -0.103. The van der Waals surface area contributed by atoms with Gasteiger partial charge in [0, 0.05) is 6.61 Å². The minimum Gasteiger partial charge on any atom is -0.393 e. The second-order valence-electron chi connectivity index (χ2n) is 10.3. The average molecular weight is 409 g/mol. The molecule has 3 aliphatic carbocycles. The van der Waals surface area contributed by atoms with Crippen molar-refractivity contribution in [2.45, 2.75) is 154 Å². The molecule has 0 aliphatic heterocycles. The first-order valence-corrected chi connectivity index (χ1v) is 13.6. The molecule has 3 saturated carbocycles. The second kappa shape index (κ2) is 16.6. The fourth-order valence-electron chi connectivity index (χ4n) is 5.71. The highest BCUT2D eigenvalue weighted by Crippen LogP contribution is 2.32. The topological polar surface area (TPSA) is 29.5 Å². The summed E-state index contributed by atoms with van der Waals surface area (Å²) in [6, 6.07) is 0. The van der Waals surface area contributed by atoms with Crippen LogP contribution in [0, 0.1) is 11.8 Å².